The van der Waals surface area contributed by atoms with E-state index < -0.39 is 51.1 Å². The molecule has 0 bridgehead atoms. The van der Waals surface area contributed by atoms with E-state index in [4.69, 9.17) is 10.8 Å². The van der Waals surface area contributed by atoms with Gasteiger partial charge in [-0.3, -0.25) is 34.4 Å². The van der Waals surface area contributed by atoms with Crippen LogP contribution in [-0.4, -0.2) is 37.5 Å². The van der Waals surface area contributed by atoms with Gasteiger partial charge in [0.05, 0.1) is 21.7 Å². The van der Waals surface area contributed by atoms with E-state index in [0.29, 0.717) is 4.57 Å². The summed E-state index contributed by atoms with van der Waals surface area (Å²) in [7, 11) is 0. The van der Waals surface area contributed by atoms with Gasteiger partial charge in [0.15, 0.2) is 0 Å². The lowest BCUT2D eigenvalue weighted by molar-refractivity contribution is -0.385. The third-order valence-corrected chi connectivity index (χ3v) is 3.71. The Morgan fingerprint density at radius 1 is 1.19 bits per heavy atom. The summed E-state index contributed by atoms with van der Waals surface area (Å²) in [6.07, 6.45) is 0. The number of imide groups is 1. The summed E-state index contributed by atoms with van der Waals surface area (Å²) >= 11 is 0. The molecule has 1 aliphatic rings. The first-order valence-corrected chi connectivity index (χ1v) is 6.79. The Bertz CT molecular complexity index is 1070. The molecule has 0 fully saturated rings. The number of benzene rings is 1. The molecule has 0 saturated heterocycles. The number of nitrogen functional groups attached to an aromatic ring is 1. The minimum Gasteiger partial charge on any atom is -0.501 e. The number of fused-ring (bicyclic) bond motifs is 1. The number of nitro benzene ring substituents is 1. The number of nitrogens with zero attached hydrogens (tertiary/aromatic N) is 2. The molecule has 1 aromatic heterocycles. The van der Waals surface area contributed by atoms with Crippen LogP contribution in [0.15, 0.2) is 23.0 Å². The van der Waals surface area contributed by atoms with Crippen molar-refractivity contribution in [3.8, 4) is 11.4 Å². The number of pyridine rings is 1. The smallest absolute Gasteiger partial charge is 0.339 e. The number of hydrogen-bond donors (Lipinski definition) is 4. The van der Waals surface area contributed by atoms with E-state index >= 15 is 0 Å². The lowest BCUT2D eigenvalue weighted by Gasteiger charge is -2.13. The number of nitro groups is 1. The monoisotopic (exact) mass is 360 g/mol. The molecule has 1 aliphatic heterocycles. The Morgan fingerprint density at radius 2 is 1.85 bits per heavy atom. The highest BCUT2D eigenvalue weighted by Gasteiger charge is 2.32. The van der Waals surface area contributed by atoms with Gasteiger partial charge in [-0.15, -0.1) is 0 Å². The Morgan fingerprint density at radius 3 is 2.42 bits per heavy atom. The van der Waals surface area contributed by atoms with Crippen molar-refractivity contribution >= 4 is 29.3 Å². The molecule has 1 aromatic carbocycles. The molecule has 0 aliphatic carbocycles. The van der Waals surface area contributed by atoms with Gasteiger partial charge in [0, 0.05) is 12.1 Å². The second-order valence-corrected chi connectivity index (χ2v) is 5.20. The largest absolute Gasteiger partial charge is 0.501 e. The number of carbonyl (C=O) groups excluding carboxylic acids is 2. The summed E-state index contributed by atoms with van der Waals surface area (Å²) in [5.41, 5.74) is 2.08. The highest BCUT2D eigenvalue weighted by Crippen LogP contribution is 2.33. The number of amides is 2. The number of hydrogen-bond acceptors (Lipinski definition) is 8. The van der Waals surface area contributed by atoms with Crippen molar-refractivity contribution in [1.82, 2.24) is 9.88 Å². The average molecular weight is 360 g/mol. The summed E-state index contributed by atoms with van der Waals surface area (Å²) in [4.78, 5) is 57.0. The fraction of sp³-hybridized carbons (Fsp3) is 0. The number of phenols is 1. The minimum atomic E-state index is -1.69. The zero-order valence-electron chi connectivity index (χ0n) is 12.5. The molecule has 3 rings (SSSR count). The van der Waals surface area contributed by atoms with Gasteiger partial charge in [-0.25, -0.2) is 4.79 Å². The van der Waals surface area contributed by atoms with Crippen molar-refractivity contribution in [2.75, 3.05) is 5.73 Å². The third kappa shape index (κ3) is 2.24. The number of nitrogens with two attached hydrogens (primary N) is 1. The summed E-state index contributed by atoms with van der Waals surface area (Å²) in [6.45, 7) is 0. The van der Waals surface area contributed by atoms with Crippen LogP contribution in [0.4, 0.5) is 11.5 Å². The van der Waals surface area contributed by atoms with Crippen LogP contribution in [0.1, 0.15) is 31.1 Å². The van der Waals surface area contributed by atoms with E-state index in [1.165, 1.54) is 0 Å². The van der Waals surface area contributed by atoms with Crippen molar-refractivity contribution < 1.29 is 29.5 Å². The number of carboxylic acids is 1. The van der Waals surface area contributed by atoms with Crippen molar-refractivity contribution in [3.05, 3.63) is 55.4 Å². The van der Waals surface area contributed by atoms with E-state index in [1.54, 1.807) is 0 Å². The van der Waals surface area contributed by atoms with Gasteiger partial charge < -0.3 is 15.9 Å². The Hall–Kier alpha value is -4.22. The molecule has 2 heterocycles. The van der Waals surface area contributed by atoms with E-state index in [9.17, 15) is 34.4 Å². The maximum Gasteiger partial charge on any atom is 0.339 e. The fourth-order valence-electron chi connectivity index (χ4n) is 2.58. The van der Waals surface area contributed by atoms with Crippen LogP contribution in [0.5, 0.6) is 5.75 Å². The van der Waals surface area contributed by atoms with E-state index in [-0.39, 0.29) is 16.8 Å². The summed E-state index contributed by atoms with van der Waals surface area (Å²) in [5, 5.41) is 31.8. The number of aromatic carboxylic acids is 1. The number of anilines is 1. The molecule has 5 N–H and O–H groups in total. The first-order chi connectivity index (χ1) is 12.1. The highest BCUT2D eigenvalue weighted by atomic mass is 16.6. The average Bonchev–Trinajstić information content (AvgIpc) is 2.82. The lowest BCUT2D eigenvalue weighted by Crippen LogP contribution is -2.24. The van der Waals surface area contributed by atoms with Gasteiger partial charge in [0.25, 0.3) is 17.4 Å². The van der Waals surface area contributed by atoms with Crippen LogP contribution in [0.2, 0.25) is 0 Å². The van der Waals surface area contributed by atoms with Gasteiger partial charge in [-0.2, -0.15) is 0 Å². The molecule has 12 heteroatoms. The quantitative estimate of drug-likeness (QED) is 0.320. The maximum atomic E-state index is 12.3. The molecule has 0 spiro atoms. The molecule has 0 saturated carbocycles. The zero-order valence-corrected chi connectivity index (χ0v) is 12.5. The van der Waals surface area contributed by atoms with Crippen LogP contribution in [-0.2, 0) is 0 Å². The summed E-state index contributed by atoms with van der Waals surface area (Å²) in [6, 6.07) is 2.30. The van der Waals surface area contributed by atoms with Gasteiger partial charge >= 0.3 is 11.7 Å². The summed E-state index contributed by atoms with van der Waals surface area (Å²) in [5.74, 6) is -5.00. The Labute approximate surface area is 142 Å². The normalized spacial score (nSPS) is 12.6. The Balaban J connectivity index is 2.39. The maximum absolute atomic E-state index is 12.3. The van der Waals surface area contributed by atoms with Crippen LogP contribution in [0.25, 0.3) is 5.69 Å². The molecule has 0 radical (unpaired) electrons. The standard InChI is InChI=1S/C14H8N4O8/c15-11-9-5(12(21)16-13(9)22)3-8(19)17(11)4-1-6(14(23)24)10(20)7(2-4)18(25)26/h1-3,20H,15H2,(H,23,24)(H,16,21,22). The highest BCUT2D eigenvalue weighted by molar-refractivity contribution is 6.23. The van der Waals surface area contributed by atoms with Crippen LogP contribution >= 0.6 is 0 Å². The molecule has 0 unspecified atom stereocenters. The first kappa shape index (κ1) is 16.6. The van der Waals surface area contributed by atoms with Crippen molar-refractivity contribution in [2.24, 2.45) is 0 Å². The molecular weight excluding hydrogens is 352 g/mol. The van der Waals surface area contributed by atoms with Crippen molar-refractivity contribution in [3.63, 3.8) is 0 Å². The second kappa shape index (κ2) is 5.41. The first-order valence-electron chi connectivity index (χ1n) is 6.79. The predicted molar refractivity (Wildman–Crippen MR) is 83.5 cm³/mol. The van der Waals surface area contributed by atoms with Gasteiger partial charge in [-0.05, 0) is 6.07 Å². The molecule has 132 valence electrons. The van der Waals surface area contributed by atoms with Crippen LogP contribution in [0.3, 0.4) is 0 Å². The van der Waals surface area contributed by atoms with Crippen LogP contribution < -0.4 is 16.6 Å². The minimum absolute atomic E-state index is 0.263. The number of carbonyl (C=O) groups is 3. The van der Waals surface area contributed by atoms with Crippen molar-refractivity contribution in [2.45, 2.75) is 0 Å². The number of rotatable bonds is 3. The second-order valence-electron chi connectivity index (χ2n) is 5.20. The molecule has 2 aromatic rings. The van der Waals surface area contributed by atoms with Gasteiger partial charge in [0.1, 0.15) is 11.4 Å². The molecule has 26 heavy (non-hydrogen) atoms. The molecule has 0 atom stereocenters. The summed E-state index contributed by atoms with van der Waals surface area (Å²) < 4.78 is 0.635. The number of aromatic nitrogens is 1. The predicted octanol–water partition coefficient (Wildman–Crippen LogP) is -0.385. The number of nitrogens with one attached hydrogen (secondary N) is 1. The number of carboxylic acid groups (broad SMARTS) is 1. The third-order valence-electron chi connectivity index (χ3n) is 3.71. The van der Waals surface area contributed by atoms with Gasteiger partial charge in [0.2, 0.25) is 5.75 Å². The topological polar surface area (TPSA) is 195 Å². The van der Waals surface area contributed by atoms with E-state index in [2.05, 4.69) is 0 Å². The molecular formula is C14H8N4O8. The Kier molecular flexibility index (Phi) is 3.46. The lowest BCUT2D eigenvalue weighted by atomic mass is 10.1. The van der Waals surface area contributed by atoms with E-state index in [1.807, 2.05) is 5.32 Å². The zero-order chi connectivity index (χ0) is 19.3. The SMILES string of the molecule is Nc1c2c(cc(=O)n1-c1cc(C(=O)O)c(O)c([N+](=O)[O-])c1)C(=O)NC2=O. The fourth-order valence-corrected chi connectivity index (χ4v) is 2.58. The van der Waals surface area contributed by atoms with Crippen LogP contribution in [0, 0.1) is 10.1 Å². The van der Waals surface area contributed by atoms with E-state index in [0.717, 1.165) is 18.2 Å². The molecule has 12 nitrogen and oxygen atoms in total. The number of aromatic hydroxyl groups is 1. The van der Waals surface area contributed by atoms with Crippen molar-refractivity contribution in [1.29, 1.82) is 0 Å². The molecule has 2 amide bonds. The van der Waals surface area contributed by atoms with Gasteiger partial charge in [-0.1, -0.05) is 0 Å².